The summed E-state index contributed by atoms with van der Waals surface area (Å²) in [6.07, 6.45) is 5.20. The zero-order valence-corrected chi connectivity index (χ0v) is 11.7. The average Bonchev–Trinajstić information content (AvgIpc) is 2.99. The summed E-state index contributed by atoms with van der Waals surface area (Å²) in [5.41, 5.74) is -2.44. The van der Waals surface area contributed by atoms with E-state index in [1.165, 1.54) is 6.92 Å². The maximum absolute atomic E-state index is 11.6. The predicted molar refractivity (Wildman–Crippen MR) is 70.1 cm³/mol. The number of carbonyl (C=O) groups excluding carboxylic acids is 2. The summed E-state index contributed by atoms with van der Waals surface area (Å²) in [6.45, 7) is 1.25. The molecule has 0 aromatic rings. The second-order valence-electron chi connectivity index (χ2n) is 5.80. The van der Waals surface area contributed by atoms with E-state index >= 15 is 0 Å². The SMILES string of the molecule is CC(=O)O[C@@]1(N=O)CCC[C@@H]1[C@@]12CC=CC[C@@H]1OC(=O)O2. The van der Waals surface area contributed by atoms with Crippen LogP contribution in [0.3, 0.4) is 0 Å². The second kappa shape index (κ2) is 4.82. The first-order valence-electron chi connectivity index (χ1n) is 7.11. The summed E-state index contributed by atoms with van der Waals surface area (Å²) in [4.78, 5) is 34.4. The van der Waals surface area contributed by atoms with E-state index in [0.717, 1.165) is 0 Å². The van der Waals surface area contributed by atoms with Crippen LogP contribution in [0.15, 0.2) is 17.3 Å². The van der Waals surface area contributed by atoms with E-state index in [9.17, 15) is 14.5 Å². The highest BCUT2D eigenvalue weighted by Crippen LogP contribution is 2.53. The zero-order valence-electron chi connectivity index (χ0n) is 11.7. The zero-order chi connectivity index (χ0) is 15.1. The normalized spacial score (nSPS) is 41.1. The first-order valence-corrected chi connectivity index (χ1v) is 7.11. The van der Waals surface area contributed by atoms with Gasteiger partial charge in [-0.3, -0.25) is 4.79 Å². The molecule has 1 saturated heterocycles. The average molecular weight is 295 g/mol. The van der Waals surface area contributed by atoms with E-state index in [2.05, 4.69) is 5.18 Å². The topological polar surface area (TPSA) is 91.3 Å². The molecule has 2 aliphatic carbocycles. The third-order valence-corrected chi connectivity index (χ3v) is 4.65. The predicted octanol–water partition coefficient (Wildman–Crippen LogP) is 2.44. The molecule has 3 aliphatic rings. The van der Waals surface area contributed by atoms with Crippen molar-refractivity contribution in [3.63, 3.8) is 0 Å². The Morgan fingerprint density at radius 3 is 3.00 bits per heavy atom. The van der Waals surface area contributed by atoms with Crippen LogP contribution in [0.2, 0.25) is 0 Å². The van der Waals surface area contributed by atoms with Crippen LogP contribution in [0.1, 0.15) is 39.0 Å². The lowest BCUT2D eigenvalue weighted by Crippen LogP contribution is -2.55. The molecule has 0 aromatic carbocycles. The maximum atomic E-state index is 11.6. The van der Waals surface area contributed by atoms with Gasteiger partial charge < -0.3 is 14.2 Å². The van der Waals surface area contributed by atoms with Gasteiger partial charge in [-0.15, -0.1) is 4.91 Å². The Kier molecular flexibility index (Phi) is 3.22. The minimum absolute atomic E-state index is 0.344. The first-order chi connectivity index (χ1) is 10.0. The lowest BCUT2D eigenvalue weighted by Gasteiger charge is -2.41. The summed E-state index contributed by atoms with van der Waals surface area (Å²) >= 11 is 0. The molecule has 114 valence electrons. The van der Waals surface area contributed by atoms with Crippen molar-refractivity contribution in [3.05, 3.63) is 17.1 Å². The van der Waals surface area contributed by atoms with Crippen LogP contribution in [-0.4, -0.2) is 29.6 Å². The monoisotopic (exact) mass is 295 g/mol. The van der Waals surface area contributed by atoms with Crippen LogP contribution in [0, 0.1) is 10.8 Å². The molecule has 7 nitrogen and oxygen atoms in total. The molecule has 0 spiro atoms. The van der Waals surface area contributed by atoms with Crippen molar-refractivity contribution in [2.75, 3.05) is 0 Å². The van der Waals surface area contributed by atoms with E-state index in [1.807, 2.05) is 12.2 Å². The first kappa shape index (κ1) is 14.0. The number of ether oxygens (including phenoxy) is 3. The highest BCUT2D eigenvalue weighted by atomic mass is 16.8. The van der Waals surface area contributed by atoms with Gasteiger partial charge >= 0.3 is 12.1 Å². The van der Waals surface area contributed by atoms with Crippen LogP contribution in [0.25, 0.3) is 0 Å². The Bertz CT molecular complexity index is 518. The molecule has 0 radical (unpaired) electrons. The number of nitrogens with zero attached hydrogens (tertiary/aromatic N) is 1. The second-order valence-corrected chi connectivity index (χ2v) is 5.80. The van der Waals surface area contributed by atoms with Gasteiger partial charge in [0.2, 0.25) is 5.72 Å². The van der Waals surface area contributed by atoms with E-state index in [0.29, 0.717) is 32.1 Å². The van der Waals surface area contributed by atoms with Gasteiger partial charge in [0.1, 0.15) is 6.10 Å². The molecule has 4 atom stereocenters. The molecule has 1 heterocycles. The lowest BCUT2D eigenvalue weighted by molar-refractivity contribution is -0.173. The molecule has 3 rings (SSSR count). The van der Waals surface area contributed by atoms with Gasteiger partial charge in [-0.1, -0.05) is 12.2 Å². The number of hydrogen-bond acceptors (Lipinski definition) is 7. The standard InChI is InChI=1S/C14H17NO6/c1-9(16)20-14(15-18)8-4-5-10(14)13-7-3-2-6-11(13)19-12(17)21-13/h2-3,10-11H,4-8H2,1H3/t10-,11+,13+,14+/m1/s1. The fourth-order valence-corrected chi connectivity index (χ4v) is 3.89. The summed E-state index contributed by atoms with van der Waals surface area (Å²) in [5, 5.41) is 3.13. The summed E-state index contributed by atoms with van der Waals surface area (Å²) in [5.74, 6) is -1.04. The van der Waals surface area contributed by atoms with Crippen LogP contribution in [0.4, 0.5) is 4.79 Å². The van der Waals surface area contributed by atoms with E-state index in [4.69, 9.17) is 14.2 Å². The molecule has 21 heavy (non-hydrogen) atoms. The molecule has 0 amide bonds. The van der Waals surface area contributed by atoms with Gasteiger partial charge in [0.25, 0.3) is 0 Å². The van der Waals surface area contributed by atoms with Crippen LogP contribution < -0.4 is 0 Å². The molecule has 2 fully saturated rings. The van der Waals surface area contributed by atoms with Crippen molar-refractivity contribution in [3.8, 4) is 0 Å². The molecule has 0 unspecified atom stereocenters. The van der Waals surface area contributed by atoms with Crippen molar-refractivity contribution in [1.29, 1.82) is 0 Å². The summed E-state index contributed by atoms with van der Waals surface area (Å²) < 4.78 is 16.0. The van der Waals surface area contributed by atoms with Crippen molar-refractivity contribution in [1.82, 2.24) is 0 Å². The molecule has 1 aliphatic heterocycles. The van der Waals surface area contributed by atoms with E-state index in [-0.39, 0.29) is 0 Å². The largest absolute Gasteiger partial charge is 0.509 e. The summed E-state index contributed by atoms with van der Waals surface area (Å²) in [7, 11) is 0. The molecule has 1 saturated carbocycles. The van der Waals surface area contributed by atoms with E-state index < -0.39 is 35.5 Å². The Morgan fingerprint density at radius 2 is 2.29 bits per heavy atom. The third kappa shape index (κ3) is 2.02. The van der Waals surface area contributed by atoms with Crippen molar-refractivity contribution < 1.29 is 23.8 Å². The maximum Gasteiger partial charge on any atom is 0.509 e. The van der Waals surface area contributed by atoms with E-state index in [1.54, 1.807) is 0 Å². The number of esters is 1. The number of nitroso groups, excluding NO2 is 1. The van der Waals surface area contributed by atoms with Crippen molar-refractivity contribution in [2.45, 2.75) is 56.5 Å². The Labute approximate surface area is 121 Å². The minimum Gasteiger partial charge on any atom is -0.433 e. The van der Waals surface area contributed by atoms with Crippen LogP contribution in [-0.2, 0) is 19.0 Å². The number of hydrogen-bond donors (Lipinski definition) is 0. The van der Waals surface area contributed by atoms with Gasteiger partial charge in [-0.05, 0) is 18.0 Å². The van der Waals surface area contributed by atoms with Crippen LogP contribution in [0.5, 0.6) is 0 Å². The number of rotatable bonds is 3. The van der Waals surface area contributed by atoms with Gasteiger partial charge in [-0.25, -0.2) is 4.79 Å². The molecule has 0 aromatic heterocycles. The lowest BCUT2D eigenvalue weighted by atomic mass is 9.72. The molecule has 0 bridgehead atoms. The van der Waals surface area contributed by atoms with Gasteiger partial charge in [0, 0.05) is 26.2 Å². The molecule has 0 N–H and O–H groups in total. The fourth-order valence-electron chi connectivity index (χ4n) is 3.89. The highest BCUT2D eigenvalue weighted by Gasteiger charge is 2.66. The molecular weight excluding hydrogens is 278 g/mol. The summed E-state index contributed by atoms with van der Waals surface area (Å²) in [6, 6.07) is 0. The number of fused-ring (bicyclic) bond motifs is 1. The van der Waals surface area contributed by atoms with Gasteiger partial charge in [0.15, 0.2) is 5.60 Å². The highest BCUT2D eigenvalue weighted by molar-refractivity contribution is 5.67. The van der Waals surface area contributed by atoms with Crippen molar-refractivity contribution in [2.24, 2.45) is 11.1 Å². The molecule has 7 heteroatoms. The van der Waals surface area contributed by atoms with Gasteiger partial charge in [0.05, 0.1) is 5.92 Å². The third-order valence-electron chi connectivity index (χ3n) is 4.65. The fraction of sp³-hybridized carbons (Fsp3) is 0.714. The van der Waals surface area contributed by atoms with Crippen molar-refractivity contribution >= 4 is 12.1 Å². The Hall–Kier alpha value is -1.92. The smallest absolute Gasteiger partial charge is 0.433 e. The molecular formula is C14H17NO6. The van der Waals surface area contributed by atoms with Gasteiger partial charge in [-0.2, -0.15) is 0 Å². The number of carbonyl (C=O) groups is 2. The minimum atomic E-state index is -1.47. The van der Waals surface area contributed by atoms with Crippen LogP contribution >= 0.6 is 0 Å². The Balaban J connectivity index is 2.00. The quantitative estimate of drug-likeness (QED) is 0.451. The Morgan fingerprint density at radius 1 is 1.48 bits per heavy atom.